The van der Waals surface area contributed by atoms with Crippen LogP contribution in [0.3, 0.4) is 0 Å². The van der Waals surface area contributed by atoms with Crippen LogP contribution < -0.4 is 16.5 Å². The molecule has 0 fully saturated rings. The fraction of sp³-hybridized carbons (Fsp3) is 0. The molecule has 6 nitrogen and oxygen atoms in total. The van der Waals surface area contributed by atoms with E-state index >= 15 is 0 Å². The number of hydrogen-bond acceptors (Lipinski definition) is 5. The van der Waals surface area contributed by atoms with Crippen LogP contribution in [-0.2, 0) is 0 Å². The normalized spacial score (nSPS) is 10.3. The summed E-state index contributed by atoms with van der Waals surface area (Å²) in [5, 5.41) is 0.847. The van der Waals surface area contributed by atoms with Gasteiger partial charge in [-0.25, -0.2) is 9.78 Å². The van der Waals surface area contributed by atoms with Crippen molar-refractivity contribution >= 4 is 34.8 Å². The quantitative estimate of drug-likeness (QED) is 0.708. The lowest BCUT2D eigenvalue weighted by atomic mass is 10.3. The fourth-order valence-corrected chi connectivity index (χ4v) is 2.41. The first kappa shape index (κ1) is 15.3. The number of halogens is 2. The molecular weight excluding hydrogens is 337 g/mol. The minimum Gasteiger partial charge on any atom is -0.298 e. The molecule has 1 heterocycles. The van der Waals surface area contributed by atoms with Crippen LogP contribution in [0.2, 0.25) is 10.0 Å². The molecule has 0 atom stereocenters. The van der Waals surface area contributed by atoms with Crippen molar-refractivity contribution in [1.29, 1.82) is 0 Å². The Bertz CT molecular complexity index is 862. The molecule has 0 aliphatic carbocycles. The van der Waals surface area contributed by atoms with Crippen LogP contribution in [0.25, 0.3) is 5.69 Å². The van der Waals surface area contributed by atoms with Crippen molar-refractivity contribution in [3.8, 4) is 5.69 Å². The SMILES string of the molecule is O=c1nc(NNc2ccccc2)ncn1-c1cc(Cl)cc(Cl)c1. The summed E-state index contributed by atoms with van der Waals surface area (Å²) in [4.78, 5) is 20.1. The molecule has 23 heavy (non-hydrogen) atoms. The van der Waals surface area contributed by atoms with Gasteiger partial charge in [0, 0.05) is 10.0 Å². The van der Waals surface area contributed by atoms with Crippen LogP contribution in [0.15, 0.2) is 59.7 Å². The van der Waals surface area contributed by atoms with Gasteiger partial charge in [-0.1, -0.05) is 41.4 Å². The molecule has 2 aromatic carbocycles. The molecule has 0 spiro atoms. The number of aromatic nitrogens is 3. The number of anilines is 2. The van der Waals surface area contributed by atoms with Gasteiger partial charge in [0.25, 0.3) is 0 Å². The van der Waals surface area contributed by atoms with Crippen LogP contribution in [0.1, 0.15) is 0 Å². The first-order valence-corrected chi connectivity index (χ1v) is 7.37. The Morgan fingerprint density at radius 3 is 2.30 bits per heavy atom. The Morgan fingerprint density at radius 2 is 1.65 bits per heavy atom. The number of rotatable bonds is 4. The highest BCUT2D eigenvalue weighted by atomic mass is 35.5. The molecule has 0 amide bonds. The molecular formula is C15H11Cl2N5O. The third-order valence-corrected chi connectivity index (χ3v) is 3.36. The highest BCUT2D eigenvalue weighted by molar-refractivity contribution is 6.34. The van der Waals surface area contributed by atoms with Crippen LogP contribution >= 0.6 is 23.2 Å². The lowest BCUT2D eigenvalue weighted by molar-refractivity contribution is 0.862. The third kappa shape index (κ3) is 3.80. The molecule has 3 rings (SSSR count). The van der Waals surface area contributed by atoms with Gasteiger partial charge in [-0.15, -0.1) is 0 Å². The molecule has 0 unspecified atom stereocenters. The van der Waals surface area contributed by atoms with Gasteiger partial charge in [0.1, 0.15) is 6.33 Å². The van der Waals surface area contributed by atoms with Crippen molar-refractivity contribution in [2.24, 2.45) is 0 Å². The van der Waals surface area contributed by atoms with Crippen LogP contribution in [0.5, 0.6) is 0 Å². The maximum absolute atomic E-state index is 12.1. The summed E-state index contributed by atoms with van der Waals surface area (Å²) in [6, 6.07) is 14.2. The second kappa shape index (κ2) is 6.68. The van der Waals surface area contributed by atoms with E-state index in [2.05, 4.69) is 20.8 Å². The number of para-hydroxylation sites is 1. The van der Waals surface area contributed by atoms with Crippen LogP contribution in [0, 0.1) is 0 Å². The molecule has 0 aliphatic heterocycles. The van der Waals surface area contributed by atoms with Gasteiger partial charge in [0.15, 0.2) is 0 Å². The zero-order valence-corrected chi connectivity index (χ0v) is 13.2. The molecule has 0 radical (unpaired) electrons. The second-order valence-electron chi connectivity index (χ2n) is 4.58. The van der Waals surface area contributed by atoms with Crippen LogP contribution in [0.4, 0.5) is 11.6 Å². The smallest absolute Gasteiger partial charge is 0.298 e. The summed E-state index contributed by atoms with van der Waals surface area (Å²) in [6.45, 7) is 0. The van der Waals surface area contributed by atoms with E-state index in [4.69, 9.17) is 23.2 Å². The van der Waals surface area contributed by atoms with Gasteiger partial charge >= 0.3 is 5.69 Å². The molecule has 0 aliphatic rings. The predicted octanol–water partition coefficient (Wildman–Crippen LogP) is 3.37. The van der Waals surface area contributed by atoms with Crippen molar-refractivity contribution in [2.45, 2.75) is 0 Å². The molecule has 3 aromatic rings. The van der Waals surface area contributed by atoms with E-state index in [9.17, 15) is 4.79 Å². The maximum atomic E-state index is 12.1. The minimum atomic E-state index is -0.504. The zero-order chi connectivity index (χ0) is 16.2. The van der Waals surface area contributed by atoms with Gasteiger partial charge in [-0.2, -0.15) is 4.98 Å². The summed E-state index contributed by atoms with van der Waals surface area (Å²) in [6.07, 6.45) is 1.35. The first-order valence-electron chi connectivity index (χ1n) is 6.61. The average Bonchev–Trinajstić information content (AvgIpc) is 2.53. The van der Waals surface area contributed by atoms with E-state index in [1.54, 1.807) is 18.2 Å². The lowest BCUT2D eigenvalue weighted by Crippen LogP contribution is -2.24. The van der Waals surface area contributed by atoms with Crippen molar-refractivity contribution in [1.82, 2.24) is 14.5 Å². The van der Waals surface area contributed by atoms with E-state index < -0.39 is 5.69 Å². The summed E-state index contributed by atoms with van der Waals surface area (Å²) in [7, 11) is 0. The molecule has 0 bridgehead atoms. The summed E-state index contributed by atoms with van der Waals surface area (Å²) < 4.78 is 1.26. The Balaban J connectivity index is 1.82. The predicted molar refractivity (Wildman–Crippen MR) is 91.3 cm³/mol. The van der Waals surface area contributed by atoms with Gasteiger partial charge in [-0.3, -0.25) is 15.4 Å². The fourth-order valence-electron chi connectivity index (χ4n) is 1.90. The van der Waals surface area contributed by atoms with E-state index in [1.807, 2.05) is 30.3 Å². The summed E-state index contributed by atoms with van der Waals surface area (Å²) >= 11 is 11.9. The van der Waals surface area contributed by atoms with Gasteiger partial charge in [-0.05, 0) is 30.3 Å². The van der Waals surface area contributed by atoms with Crippen molar-refractivity contribution in [2.75, 3.05) is 10.9 Å². The summed E-state index contributed by atoms with van der Waals surface area (Å²) in [5.74, 6) is 0.156. The number of hydrogen-bond donors (Lipinski definition) is 2. The van der Waals surface area contributed by atoms with E-state index in [-0.39, 0.29) is 5.95 Å². The average molecular weight is 348 g/mol. The lowest BCUT2D eigenvalue weighted by Gasteiger charge is -2.09. The molecule has 116 valence electrons. The topological polar surface area (TPSA) is 71.8 Å². The largest absolute Gasteiger partial charge is 0.356 e. The van der Waals surface area contributed by atoms with Gasteiger partial charge < -0.3 is 0 Å². The van der Waals surface area contributed by atoms with Gasteiger partial charge in [0.2, 0.25) is 5.95 Å². The number of hydrazine groups is 1. The Hall–Kier alpha value is -2.57. The number of nitrogens with zero attached hydrogens (tertiary/aromatic N) is 3. The molecule has 1 aromatic heterocycles. The molecule has 0 saturated carbocycles. The number of nitrogens with one attached hydrogen (secondary N) is 2. The van der Waals surface area contributed by atoms with E-state index in [1.165, 1.54) is 10.9 Å². The Labute approximate surface area is 141 Å². The minimum absolute atomic E-state index is 0.156. The van der Waals surface area contributed by atoms with E-state index in [0.29, 0.717) is 15.7 Å². The highest BCUT2D eigenvalue weighted by Crippen LogP contribution is 2.20. The van der Waals surface area contributed by atoms with Gasteiger partial charge in [0.05, 0.1) is 11.4 Å². The highest BCUT2D eigenvalue weighted by Gasteiger charge is 2.06. The van der Waals surface area contributed by atoms with Crippen LogP contribution in [-0.4, -0.2) is 14.5 Å². The first-order chi connectivity index (χ1) is 11.1. The monoisotopic (exact) mass is 347 g/mol. The summed E-state index contributed by atoms with van der Waals surface area (Å²) in [5.41, 5.74) is 6.48. The number of benzene rings is 2. The zero-order valence-electron chi connectivity index (χ0n) is 11.7. The molecule has 0 saturated heterocycles. The van der Waals surface area contributed by atoms with Crippen molar-refractivity contribution < 1.29 is 0 Å². The standard InChI is InChI=1S/C15H11Cl2N5O/c16-10-6-11(17)8-13(7-10)22-9-18-14(19-15(22)23)21-20-12-4-2-1-3-5-12/h1-9,20H,(H,19,21,23). The van der Waals surface area contributed by atoms with Crippen molar-refractivity contribution in [3.05, 3.63) is 75.4 Å². The molecule has 8 heteroatoms. The van der Waals surface area contributed by atoms with Crippen molar-refractivity contribution in [3.63, 3.8) is 0 Å². The second-order valence-corrected chi connectivity index (χ2v) is 5.45. The maximum Gasteiger partial charge on any atom is 0.356 e. The Morgan fingerprint density at radius 1 is 0.957 bits per heavy atom. The molecule has 2 N–H and O–H groups in total. The Kier molecular flexibility index (Phi) is 4.45. The van der Waals surface area contributed by atoms with E-state index in [0.717, 1.165) is 5.69 Å². The third-order valence-electron chi connectivity index (χ3n) is 2.92.